The van der Waals surface area contributed by atoms with Crippen LogP contribution in [0, 0.1) is 5.82 Å². The molecule has 4 rings (SSSR count). The highest BCUT2D eigenvalue weighted by atomic mass is 19.1. The van der Waals surface area contributed by atoms with Crippen LogP contribution >= 0.6 is 0 Å². The van der Waals surface area contributed by atoms with E-state index in [-0.39, 0.29) is 11.9 Å². The number of hydrogen-bond acceptors (Lipinski definition) is 4. The first-order valence-electron chi connectivity index (χ1n) is 7.94. The predicted molar refractivity (Wildman–Crippen MR) is 86.2 cm³/mol. The van der Waals surface area contributed by atoms with Crippen LogP contribution in [0.3, 0.4) is 0 Å². The molecule has 0 amide bonds. The molecule has 0 bridgehead atoms. The molecule has 1 fully saturated rings. The number of imidazole rings is 1. The maximum Gasteiger partial charge on any atom is 0.147 e. The fourth-order valence-corrected chi connectivity index (χ4v) is 3.01. The standard InChI is InChI=1S/C18H18FN3O2/c19-15-10-14(3-4-16(15)22-6-5-20-13-22)11-21-7-9-24-18(12-21)17-2-1-8-23-17/h1-6,8,10,13,18H,7,9,11-12H2/t18-/m0/s1. The summed E-state index contributed by atoms with van der Waals surface area (Å²) in [6, 6.07) is 9.12. The van der Waals surface area contributed by atoms with Gasteiger partial charge in [-0.25, -0.2) is 9.37 Å². The molecule has 124 valence electrons. The first-order chi connectivity index (χ1) is 11.8. The van der Waals surface area contributed by atoms with Gasteiger partial charge in [0.15, 0.2) is 0 Å². The number of hydrogen-bond donors (Lipinski definition) is 0. The van der Waals surface area contributed by atoms with Crippen molar-refractivity contribution < 1.29 is 13.5 Å². The van der Waals surface area contributed by atoms with Crippen molar-refractivity contribution >= 4 is 0 Å². The first-order valence-corrected chi connectivity index (χ1v) is 7.94. The zero-order valence-corrected chi connectivity index (χ0v) is 13.1. The molecular weight excluding hydrogens is 309 g/mol. The second-order valence-corrected chi connectivity index (χ2v) is 5.87. The lowest BCUT2D eigenvalue weighted by Crippen LogP contribution is -2.37. The summed E-state index contributed by atoms with van der Waals surface area (Å²) in [6.45, 7) is 2.88. The fraction of sp³-hybridized carbons (Fsp3) is 0.278. The van der Waals surface area contributed by atoms with Crippen LogP contribution in [0.1, 0.15) is 17.4 Å². The highest BCUT2D eigenvalue weighted by molar-refractivity contribution is 5.36. The molecule has 2 aromatic heterocycles. The number of morpholine rings is 1. The topological polar surface area (TPSA) is 43.4 Å². The highest BCUT2D eigenvalue weighted by Gasteiger charge is 2.24. The second-order valence-electron chi connectivity index (χ2n) is 5.87. The molecule has 0 radical (unpaired) electrons. The number of halogens is 1. The van der Waals surface area contributed by atoms with E-state index in [0.717, 1.165) is 24.4 Å². The van der Waals surface area contributed by atoms with Gasteiger partial charge in [0, 0.05) is 32.0 Å². The number of benzene rings is 1. The lowest BCUT2D eigenvalue weighted by molar-refractivity contribution is -0.0428. The average molecular weight is 327 g/mol. The van der Waals surface area contributed by atoms with Crippen molar-refractivity contribution in [3.63, 3.8) is 0 Å². The molecule has 0 aliphatic carbocycles. The minimum absolute atomic E-state index is 0.0659. The third-order valence-corrected chi connectivity index (χ3v) is 4.21. The van der Waals surface area contributed by atoms with Crippen molar-refractivity contribution in [1.29, 1.82) is 0 Å². The van der Waals surface area contributed by atoms with Gasteiger partial charge in [0.2, 0.25) is 0 Å². The smallest absolute Gasteiger partial charge is 0.147 e. The predicted octanol–water partition coefficient (Wildman–Crippen LogP) is 3.18. The summed E-state index contributed by atoms with van der Waals surface area (Å²) < 4.78 is 27.2. The Kier molecular flexibility index (Phi) is 4.15. The first kappa shape index (κ1) is 15.1. The third kappa shape index (κ3) is 3.11. The molecule has 1 atom stereocenters. The van der Waals surface area contributed by atoms with Gasteiger partial charge in [-0.05, 0) is 29.8 Å². The zero-order chi connectivity index (χ0) is 16.4. The van der Waals surface area contributed by atoms with E-state index in [1.54, 1.807) is 41.7 Å². The Morgan fingerprint density at radius 3 is 3.00 bits per heavy atom. The summed E-state index contributed by atoms with van der Waals surface area (Å²) in [5.74, 6) is 0.586. The SMILES string of the molecule is Fc1cc(CN2CCO[C@H](c3ccco3)C2)ccc1-n1ccnc1. The quantitative estimate of drug-likeness (QED) is 0.738. The van der Waals surface area contributed by atoms with E-state index >= 15 is 0 Å². The molecule has 0 unspecified atom stereocenters. The van der Waals surface area contributed by atoms with Crippen molar-refractivity contribution in [3.05, 3.63) is 72.5 Å². The molecule has 24 heavy (non-hydrogen) atoms. The maximum atomic E-state index is 14.4. The van der Waals surface area contributed by atoms with Crippen molar-refractivity contribution in [3.8, 4) is 5.69 Å². The fourth-order valence-electron chi connectivity index (χ4n) is 3.01. The van der Waals surface area contributed by atoms with Crippen LogP contribution in [0.5, 0.6) is 0 Å². The van der Waals surface area contributed by atoms with Crippen LogP contribution in [0.25, 0.3) is 5.69 Å². The molecule has 3 heterocycles. The Bertz CT molecular complexity index is 787. The van der Waals surface area contributed by atoms with E-state index in [1.165, 1.54) is 0 Å². The lowest BCUT2D eigenvalue weighted by atomic mass is 10.1. The molecular formula is C18H18FN3O2. The van der Waals surface area contributed by atoms with Crippen molar-refractivity contribution in [2.24, 2.45) is 0 Å². The van der Waals surface area contributed by atoms with Gasteiger partial charge < -0.3 is 13.7 Å². The van der Waals surface area contributed by atoms with E-state index in [9.17, 15) is 4.39 Å². The molecule has 0 saturated carbocycles. The monoisotopic (exact) mass is 327 g/mol. The van der Waals surface area contributed by atoms with Crippen LogP contribution < -0.4 is 0 Å². The summed E-state index contributed by atoms with van der Waals surface area (Å²) in [5.41, 5.74) is 1.45. The zero-order valence-electron chi connectivity index (χ0n) is 13.1. The molecule has 1 aliphatic heterocycles. The number of furan rings is 1. The Balaban J connectivity index is 1.46. The van der Waals surface area contributed by atoms with Gasteiger partial charge >= 0.3 is 0 Å². The Morgan fingerprint density at radius 1 is 1.29 bits per heavy atom. The highest BCUT2D eigenvalue weighted by Crippen LogP contribution is 2.24. The largest absolute Gasteiger partial charge is 0.467 e. The second kappa shape index (κ2) is 6.59. The summed E-state index contributed by atoms with van der Waals surface area (Å²) in [6.07, 6.45) is 6.54. The number of aromatic nitrogens is 2. The van der Waals surface area contributed by atoms with Gasteiger partial charge in [-0.1, -0.05) is 6.07 Å². The van der Waals surface area contributed by atoms with Gasteiger partial charge in [-0.2, -0.15) is 0 Å². The number of nitrogens with zero attached hydrogens (tertiary/aromatic N) is 3. The summed E-state index contributed by atoms with van der Waals surface area (Å²) in [4.78, 5) is 6.21. The van der Waals surface area contributed by atoms with E-state index in [0.29, 0.717) is 18.8 Å². The summed E-state index contributed by atoms with van der Waals surface area (Å²) >= 11 is 0. The van der Waals surface area contributed by atoms with Crippen LogP contribution in [-0.2, 0) is 11.3 Å². The molecule has 3 aromatic rings. The van der Waals surface area contributed by atoms with Crippen LogP contribution in [0.2, 0.25) is 0 Å². The minimum Gasteiger partial charge on any atom is -0.467 e. The Morgan fingerprint density at radius 2 is 2.25 bits per heavy atom. The molecule has 5 nitrogen and oxygen atoms in total. The van der Waals surface area contributed by atoms with Crippen molar-refractivity contribution in [2.75, 3.05) is 19.7 Å². The Hall–Kier alpha value is -2.44. The van der Waals surface area contributed by atoms with Crippen molar-refractivity contribution in [1.82, 2.24) is 14.5 Å². The van der Waals surface area contributed by atoms with E-state index < -0.39 is 0 Å². The molecule has 0 spiro atoms. The Labute approximate surface area is 139 Å². The normalized spacial score (nSPS) is 18.8. The third-order valence-electron chi connectivity index (χ3n) is 4.21. The molecule has 6 heteroatoms. The lowest BCUT2D eigenvalue weighted by Gasteiger charge is -2.32. The summed E-state index contributed by atoms with van der Waals surface area (Å²) in [7, 11) is 0. The molecule has 1 aliphatic rings. The van der Waals surface area contributed by atoms with Gasteiger partial charge in [0.25, 0.3) is 0 Å². The number of rotatable bonds is 4. The number of ether oxygens (including phenoxy) is 1. The maximum absolute atomic E-state index is 14.4. The van der Waals surface area contributed by atoms with Crippen LogP contribution in [-0.4, -0.2) is 34.1 Å². The van der Waals surface area contributed by atoms with Gasteiger partial charge in [-0.3, -0.25) is 4.90 Å². The molecule has 0 N–H and O–H groups in total. The van der Waals surface area contributed by atoms with Crippen molar-refractivity contribution in [2.45, 2.75) is 12.6 Å². The average Bonchev–Trinajstić information content (AvgIpc) is 3.29. The van der Waals surface area contributed by atoms with Gasteiger partial charge in [-0.15, -0.1) is 0 Å². The van der Waals surface area contributed by atoms with E-state index in [2.05, 4.69) is 9.88 Å². The summed E-state index contributed by atoms with van der Waals surface area (Å²) in [5, 5.41) is 0. The van der Waals surface area contributed by atoms with Crippen LogP contribution in [0.15, 0.2) is 59.7 Å². The van der Waals surface area contributed by atoms with Gasteiger partial charge in [0.1, 0.15) is 17.7 Å². The minimum atomic E-state index is -0.249. The molecule has 1 saturated heterocycles. The van der Waals surface area contributed by atoms with E-state index in [1.807, 2.05) is 18.2 Å². The molecule has 1 aromatic carbocycles. The van der Waals surface area contributed by atoms with E-state index in [4.69, 9.17) is 9.15 Å². The van der Waals surface area contributed by atoms with Gasteiger partial charge in [0.05, 0.1) is 24.9 Å². The van der Waals surface area contributed by atoms with Crippen LogP contribution in [0.4, 0.5) is 4.39 Å².